The van der Waals surface area contributed by atoms with Crippen molar-refractivity contribution in [2.45, 2.75) is 72.3 Å². The Morgan fingerprint density at radius 1 is 1.06 bits per heavy atom. The molecule has 1 aromatic heterocycles. The van der Waals surface area contributed by atoms with Crippen molar-refractivity contribution < 1.29 is 4.42 Å². The van der Waals surface area contributed by atoms with E-state index < -0.39 is 0 Å². The average molecular weight is 245 g/mol. The molecule has 1 heterocycles. The first-order valence-electron chi connectivity index (χ1n) is 6.43. The van der Waals surface area contributed by atoms with Crippen LogP contribution in [-0.2, 0) is 0 Å². The Morgan fingerprint density at radius 2 is 1.50 bits per heavy atom. The van der Waals surface area contributed by atoms with Crippen LogP contribution in [0.4, 0.5) is 0 Å². The highest BCUT2D eigenvalue weighted by atomic mass is 32.1. The molecule has 2 nitrogen and oxygen atoms in total. The smallest absolute Gasteiger partial charge is 0.198 e. The van der Waals surface area contributed by atoms with E-state index >= 15 is 0 Å². The summed E-state index contributed by atoms with van der Waals surface area (Å²) in [5.41, 5.74) is 0. The molecule has 0 aliphatic heterocycles. The van der Waals surface area contributed by atoms with Crippen molar-refractivity contribution in [1.82, 2.24) is 4.98 Å². The number of nitrogens with zero attached hydrogens (tertiary/aromatic N) is 1. The zero-order chi connectivity index (χ0) is 13.1. The van der Waals surface area contributed by atoms with Gasteiger partial charge in [-0.05, 0) is 19.8 Å². The van der Waals surface area contributed by atoms with E-state index in [1.165, 1.54) is 12.8 Å². The van der Waals surface area contributed by atoms with Crippen LogP contribution in [-0.4, -0.2) is 4.98 Å². The minimum atomic E-state index is 0.597. The fraction of sp³-hybridized carbons (Fsp3) is 0.769. The van der Waals surface area contributed by atoms with Crippen LogP contribution in [0.25, 0.3) is 0 Å². The number of rotatable bonds is 1. The lowest BCUT2D eigenvalue weighted by Crippen LogP contribution is -1.74. The molecule has 1 saturated carbocycles. The van der Waals surface area contributed by atoms with Gasteiger partial charge in [-0.1, -0.05) is 41.5 Å². The molecular weight excluding hydrogens is 218 g/mol. The van der Waals surface area contributed by atoms with Crippen LogP contribution in [0.3, 0.4) is 0 Å². The molecule has 0 N–H and O–H groups in total. The highest BCUT2D eigenvalue weighted by Crippen LogP contribution is 2.40. The van der Waals surface area contributed by atoms with E-state index in [-0.39, 0.29) is 0 Å². The lowest BCUT2D eigenvalue weighted by molar-refractivity contribution is 0.471. The molecule has 0 radical (unpaired) electrons. The van der Waals surface area contributed by atoms with Gasteiger partial charge in [-0.25, -0.2) is 4.98 Å². The van der Waals surface area contributed by atoms with Crippen LogP contribution in [0.5, 0.6) is 0 Å². The van der Waals surface area contributed by atoms with Crippen molar-refractivity contribution in [3.8, 4) is 0 Å². The van der Waals surface area contributed by atoms with Gasteiger partial charge in [0.2, 0.25) is 0 Å². The second-order valence-electron chi connectivity index (χ2n) is 2.71. The van der Waals surface area contributed by atoms with Crippen molar-refractivity contribution in [2.24, 2.45) is 0 Å². The average Bonchev–Trinajstić information content (AvgIpc) is 3.15. The van der Waals surface area contributed by atoms with Gasteiger partial charge in [-0.15, -0.1) is 12.6 Å². The molecule has 0 spiro atoms. The van der Waals surface area contributed by atoms with Gasteiger partial charge in [0.25, 0.3) is 0 Å². The third-order valence-electron chi connectivity index (χ3n) is 1.72. The fourth-order valence-corrected chi connectivity index (χ4v) is 1.06. The number of aryl methyl sites for hydroxylation is 1. The summed E-state index contributed by atoms with van der Waals surface area (Å²) in [5, 5.41) is 0.738. The minimum Gasteiger partial charge on any atom is -0.444 e. The third kappa shape index (κ3) is 6.21. The standard InChI is InChI=1S/C7H9NOS.3C2H6/c1-4-7(10)8-6(9-4)5-2-3-5;3*1-2/h5,10H,2-3H2,1H3;3*1-2H3. The Balaban J connectivity index is 0. The molecule has 0 bridgehead atoms. The van der Waals surface area contributed by atoms with E-state index in [2.05, 4.69) is 17.6 Å². The number of thiol groups is 1. The summed E-state index contributed by atoms with van der Waals surface area (Å²) in [6.07, 6.45) is 2.46. The molecule has 0 amide bonds. The van der Waals surface area contributed by atoms with Gasteiger partial charge in [-0.3, -0.25) is 0 Å². The highest BCUT2D eigenvalue weighted by Gasteiger charge is 2.28. The van der Waals surface area contributed by atoms with Crippen LogP contribution < -0.4 is 0 Å². The molecule has 0 saturated heterocycles. The van der Waals surface area contributed by atoms with Crippen LogP contribution in [0.2, 0.25) is 0 Å². The molecule has 1 aliphatic rings. The van der Waals surface area contributed by atoms with Crippen LogP contribution in [0.15, 0.2) is 9.44 Å². The first-order valence-corrected chi connectivity index (χ1v) is 6.88. The first kappa shape index (κ1) is 17.9. The van der Waals surface area contributed by atoms with E-state index in [1.54, 1.807) is 0 Å². The Kier molecular flexibility index (Phi) is 12.4. The quantitative estimate of drug-likeness (QED) is 0.686. The third-order valence-corrected chi connectivity index (χ3v) is 2.13. The van der Waals surface area contributed by atoms with Crippen LogP contribution in [0, 0.1) is 6.92 Å². The summed E-state index contributed by atoms with van der Waals surface area (Å²) in [5.74, 6) is 2.31. The Bertz CT molecular complexity index is 235. The summed E-state index contributed by atoms with van der Waals surface area (Å²) < 4.78 is 5.35. The molecule has 1 fully saturated rings. The van der Waals surface area contributed by atoms with E-state index in [1.807, 2.05) is 48.5 Å². The number of hydrogen-bond donors (Lipinski definition) is 1. The van der Waals surface area contributed by atoms with E-state index in [0.717, 1.165) is 16.7 Å². The summed E-state index contributed by atoms with van der Waals surface area (Å²) >= 11 is 4.14. The summed E-state index contributed by atoms with van der Waals surface area (Å²) in [4.78, 5) is 4.17. The maximum Gasteiger partial charge on any atom is 0.198 e. The molecule has 16 heavy (non-hydrogen) atoms. The lowest BCUT2D eigenvalue weighted by atomic mass is 10.4. The SMILES string of the molecule is CC.CC.CC.Cc1oc(C2CC2)nc1S. The van der Waals surface area contributed by atoms with Gasteiger partial charge in [0.15, 0.2) is 5.89 Å². The number of hydrogen-bond acceptors (Lipinski definition) is 3. The summed E-state index contributed by atoms with van der Waals surface area (Å²) in [7, 11) is 0. The summed E-state index contributed by atoms with van der Waals surface area (Å²) in [6, 6.07) is 0. The molecule has 0 atom stereocenters. The van der Waals surface area contributed by atoms with Gasteiger partial charge in [0, 0.05) is 5.92 Å². The topological polar surface area (TPSA) is 26.0 Å². The molecule has 0 unspecified atom stereocenters. The van der Waals surface area contributed by atoms with Crippen molar-refractivity contribution >= 4 is 12.6 Å². The molecular formula is C13H27NOS. The van der Waals surface area contributed by atoms with Gasteiger partial charge in [0.1, 0.15) is 10.8 Å². The van der Waals surface area contributed by atoms with E-state index in [4.69, 9.17) is 4.42 Å². The van der Waals surface area contributed by atoms with Gasteiger partial charge < -0.3 is 4.42 Å². The largest absolute Gasteiger partial charge is 0.444 e. The van der Waals surface area contributed by atoms with E-state index in [0.29, 0.717) is 5.92 Å². The zero-order valence-corrected chi connectivity index (χ0v) is 12.7. The number of aromatic nitrogens is 1. The van der Waals surface area contributed by atoms with E-state index in [9.17, 15) is 0 Å². The predicted molar refractivity (Wildman–Crippen MR) is 74.5 cm³/mol. The van der Waals surface area contributed by atoms with Gasteiger partial charge in [0.05, 0.1) is 0 Å². The van der Waals surface area contributed by atoms with Crippen LogP contribution >= 0.6 is 12.6 Å². The second-order valence-corrected chi connectivity index (χ2v) is 3.13. The summed E-state index contributed by atoms with van der Waals surface area (Å²) in [6.45, 7) is 13.9. The van der Waals surface area contributed by atoms with Gasteiger partial charge >= 0.3 is 0 Å². The fourth-order valence-electron chi connectivity index (χ4n) is 0.913. The Hall–Kier alpha value is -0.440. The zero-order valence-electron chi connectivity index (χ0n) is 11.8. The maximum atomic E-state index is 5.35. The molecule has 3 heteroatoms. The molecule has 1 aromatic rings. The Morgan fingerprint density at radius 3 is 1.75 bits per heavy atom. The minimum absolute atomic E-state index is 0.597. The molecule has 0 aromatic carbocycles. The second kappa shape index (κ2) is 11.1. The van der Waals surface area contributed by atoms with Crippen molar-refractivity contribution in [1.29, 1.82) is 0 Å². The molecule has 2 rings (SSSR count). The van der Waals surface area contributed by atoms with Crippen molar-refractivity contribution in [2.75, 3.05) is 0 Å². The number of oxazole rings is 1. The monoisotopic (exact) mass is 245 g/mol. The van der Waals surface area contributed by atoms with Crippen molar-refractivity contribution in [3.05, 3.63) is 11.7 Å². The Labute approximate surface area is 106 Å². The van der Waals surface area contributed by atoms with Gasteiger partial charge in [-0.2, -0.15) is 0 Å². The van der Waals surface area contributed by atoms with Crippen LogP contribution in [0.1, 0.15) is 72.0 Å². The first-order chi connectivity index (χ1) is 7.77. The maximum absolute atomic E-state index is 5.35. The normalized spacial score (nSPS) is 12.2. The van der Waals surface area contributed by atoms with Crippen molar-refractivity contribution in [3.63, 3.8) is 0 Å². The predicted octanol–water partition coefficient (Wildman–Crippen LogP) is 5.23. The highest BCUT2D eigenvalue weighted by molar-refractivity contribution is 7.80. The molecule has 1 aliphatic carbocycles. The lowest BCUT2D eigenvalue weighted by Gasteiger charge is -1.82. The molecule has 96 valence electrons.